The van der Waals surface area contributed by atoms with E-state index in [2.05, 4.69) is 0 Å². The van der Waals surface area contributed by atoms with E-state index in [1.165, 1.54) is 21.7 Å². The second-order valence-electron chi connectivity index (χ2n) is 5.68. The Kier molecular flexibility index (Phi) is 4.69. The van der Waals surface area contributed by atoms with Gasteiger partial charge in [0.2, 0.25) is 10.0 Å². The summed E-state index contributed by atoms with van der Waals surface area (Å²) in [7, 11) is -4.02. The summed E-state index contributed by atoms with van der Waals surface area (Å²) < 4.78 is 40.9. The van der Waals surface area contributed by atoms with Gasteiger partial charge in [0.15, 0.2) is 0 Å². The Labute approximate surface area is 143 Å². The molecular weight excluding hydrogens is 351 g/mol. The van der Waals surface area contributed by atoms with Gasteiger partial charge in [0.05, 0.1) is 11.6 Å². The van der Waals surface area contributed by atoms with Gasteiger partial charge in [-0.25, -0.2) is 12.8 Å². The van der Waals surface area contributed by atoms with Gasteiger partial charge in [0.25, 0.3) is 0 Å². The fraction of sp³-hybridized carbons (Fsp3) is 0.312. The van der Waals surface area contributed by atoms with E-state index in [4.69, 9.17) is 5.26 Å². The Hall–Kier alpha value is -1.79. The van der Waals surface area contributed by atoms with Crippen LogP contribution in [0, 0.1) is 23.1 Å². The number of hydrogen-bond acceptors (Lipinski definition) is 5. The quantitative estimate of drug-likeness (QED) is 0.899. The molecule has 1 aliphatic rings. The van der Waals surface area contributed by atoms with E-state index in [1.807, 2.05) is 16.8 Å². The van der Waals surface area contributed by atoms with Gasteiger partial charge in [-0.3, -0.25) is 0 Å². The molecule has 5 nitrogen and oxygen atoms in total. The third-order valence-corrected chi connectivity index (χ3v) is 6.86. The molecule has 2 heterocycles. The number of halogens is 1. The highest BCUT2D eigenvalue weighted by atomic mass is 32.2. The summed E-state index contributed by atoms with van der Waals surface area (Å²) in [5.74, 6) is -1.28. The summed E-state index contributed by atoms with van der Waals surface area (Å²) in [4.78, 5) is -0.441. The first kappa shape index (κ1) is 17.0. The van der Waals surface area contributed by atoms with E-state index in [0.29, 0.717) is 0 Å². The number of hydrogen-bond donors (Lipinski definition) is 1. The van der Waals surface area contributed by atoms with Crippen molar-refractivity contribution in [3.8, 4) is 6.07 Å². The van der Waals surface area contributed by atoms with Crippen molar-refractivity contribution in [1.82, 2.24) is 4.31 Å². The van der Waals surface area contributed by atoms with Crippen LogP contribution < -0.4 is 0 Å². The summed E-state index contributed by atoms with van der Waals surface area (Å²) in [5.41, 5.74) is 1.05. The average Bonchev–Trinajstić information content (AvgIpc) is 3.23. The number of nitriles is 1. The molecule has 0 spiro atoms. The summed E-state index contributed by atoms with van der Waals surface area (Å²) in [6.07, 6.45) is 0. The van der Waals surface area contributed by atoms with E-state index in [9.17, 15) is 17.9 Å². The molecule has 1 fully saturated rings. The van der Waals surface area contributed by atoms with Crippen molar-refractivity contribution in [3.05, 3.63) is 52.0 Å². The van der Waals surface area contributed by atoms with Crippen molar-refractivity contribution in [2.24, 2.45) is 5.92 Å². The number of thiophene rings is 1. The number of aliphatic hydroxyl groups excluding tert-OH is 1. The fourth-order valence-corrected chi connectivity index (χ4v) is 5.29. The standard InChI is InChI=1S/C16H15FN2O3S2/c17-15-5-11(6-18)1-2-16(15)24(21,22)19-7-13(9-20)14(8-19)12-3-4-23-10-12/h1-5,10,13-14,20H,7-9H2/t13-,14-/m1/s1. The maximum Gasteiger partial charge on any atom is 0.246 e. The van der Waals surface area contributed by atoms with Crippen molar-refractivity contribution in [3.63, 3.8) is 0 Å². The smallest absolute Gasteiger partial charge is 0.246 e. The van der Waals surface area contributed by atoms with Gasteiger partial charge in [-0.15, -0.1) is 0 Å². The van der Waals surface area contributed by atoms with E-state index in [0.717, 1.165) is 17.7 Å². The lowest BCUT2D eigenvalue weighted by atomic mass is 9.92. The summed E-state index contributed by atoms with van der Waals surface area (Å²) in [6, 6.07) is 7.01. The second-order valence-corrected chi connectivity index (χ2v) is 8.37. The molecule has 8 heteroatoms. The SMILES string of the molecule is N#Cc1ccc(S(=O)(=O)N2C[C@H](CO)[C@@H](c3ccsc3)C2)c(F)c1. The fourth-order valence-electron chi connectivity index (χ4n) is 3.00. The average molecular weight is 366 g/mol. The van der Waals surface area contributed by atoms with Crippen LogP contribution in [-0.2, 0) is 10.0 Å². The first-order valence-electron chi connectivity index (χ1n) is 7.30. The maximum absolute atomic E-state index is 14.1. The number of nitrogens with zero attached hydrogens (tertiary/aromatic N) is 2. The summed E-state index contributed by atoms with van der Waals surface area (Å²) >= 11 is 1.51. The molecule has 1 saturated heterocycles. The minimum atomic E-state index is -4.02. The minimum absolute atomic E-state index is 0.0669. The lowest BCUT2D eigenvalue weighted by molar-refractivity contribution is 0.223. The van der Waals surface area contributed by atoms with Gasteiger partial charge in [0, 0.05) is 31.5 Å². The van der Waals surface area contributed by atoms with Gasteiger partial charge in [-0.1, -0.05) is 0 Å². The van der Waals surface area contributed by atoms with Crippen molar-refractivity contribution < 1.29 is 17.9 Å². The highest BCUT2D eigenvalue weighted by molar-refractivity contribution is 7.89. The molecule has 24 heavy (non-hydrogen) atoms. The number of rotatable bonds is 4. The van der Waals surface area contributed by atoms with Gasteiger partial charge < -0.3 is 5.11 Å². The molecule has 1 aromatic heterocycles. The topological polar surface area (TPSA) is 81.4 Å². The Balaban J connectivity index is 1.92. The molecule has 1 aliphatic heterocycles. The van der Waals surface area contributed by atoms with Gasteiger partial charge >= 0.3 is 0 Å². The molecule has 126 valence electrons. The molecule has 2 atom stereocenters. The van der Waals surface area contributed by atoms with Crippen LogP contribution in [-0.4, -0.2) is 37.5 Å². The Morgan fingerprint density at radius 3 is 2.75 bits per heavy atom. The maximum atomic E-state index is 14.1. The van der Waals surface area contributed by atoms with Gasteiger partial charge in [-0.05, 0) is 40.6 Å². The molecule has 3 rings (SSSR count). The van der Waals surface area contributed by atoms with Crippen LogP contribution in [0.15, 0.2) is 39.9 Å². The largest absolute Gasteiger partial charge is 0.396 e. The van der Waals surface area contributed by atoms with E-state index >= 15 is 0 Å². The van der Waals surface area contributed by atoms with Crippen LogP contribution in [0.1, 0.15) is 17.0 Å². The zero-order valence-electron chi connectivity index (χ0n) is 12.6. The van der Waals surface area contributed by atoms with Crippen molar-refractivity contribution in [2.75, 3.05) is 19.7 Å². The highest BCUT2D eigenvalue weighted by Gasteiger charge is 2.40. The lowest BCUT2D eigenvalue weighted by Gasteiger charge is -2.17. The predicted molar refractivity (Wildman–Crippen MR) is 87.5 cm³/mol. The molecule has 0 radical (unpaired) electrons. The molecule has 0 unspecified atom stereocenters. The number of benzene rings is 1. The van der Waals surface area contributed by atoms with Gasteiger partial charge in [-0.2, -0.15) is 20.9 Å². The van der Waals surface area contributed by atoms with Crippen molar-refractivity contribution in [1.29, 1.82) is 5.26 Å². The van der Waals surface area contributed by atoms with Crippen LogP contribution >= 0.6 is 11.3 Å². The first-order valence-corrected chi connectivity index (χ1v) is 9.68. The number of sulfonamides is 1. The normalized spacial score (nSPS) is 21.7. The minimum Gasteiger partial charge on any atom is -0.396 e. The zero-order valence-corrected chi connectivity index (χ0v) is 14.2. The van der Waals surface area contributed by atoms with Crippen molar-refractivity contribution >= 4 is 21.4 Å². The zero-order chi connectivity index (χ0) is 17.3. The van der Waals surface area contributed by atoms with E-state index < -0.39 is 20.7 Å². The molecular formula is C16H15FN2O3S2. The summed E-state index contributed by atoms with van der Waals surface area (Å²) in [5, 5.41) is 22.2. The Bertz CT molecular complexity index is 875. The molecule has 0 aliphatic carbocycles. The monoisotopic (exact) mass is 366 g/mol. The first-order chi connectivity index (χ1) is 11.5. The Morgan fingerprint density at radius 1 is 1.38 bits per heavy atom. The van der Waals surface area contributed by atoms with Crippen LogP contribution in [0.3, 0.4) is 0 Å². The van der Waals surface area contributed by atoms with E-state index in [1.54, 1.807) is 6.07 Å². The van der Waals surface area contributed by atoms with Crippen molar-refractivity contribution in [2.45, 2.75) is 10.8 Å². The van der Waals surface area contributed by atoms with Crippen LogP contribution in [0.25, 0.3) is 0 Å². The predicted octanol–water partition coefficient (Wildman–Crippen LogP) is 2.16. The van der Waals surface area contributed by atoms with Crippen LogP contribution in [0.2, 0.25) is 0 Å². The highest BCUT2D eigenvalue weighted by Crippen LogP contribution is 2.36. The van der Waals surface area contributed by atoms with Crippen LogP contribution in [0.5, 0.6) is 0 Å². The molecule has 0 bridgehead atoms. The molecule has 0 saturated carbocycles. The van der Waals surface area contributed by atoms with Crippen LogP contribution in [0.4, 0.5) is 4.39 Å². The third-order valence-electron chi connectivity index (χ3n) is 4.29. The third kappa shape index (κ3) is 2.96. The Morgan fingerprint density at radius 2 is 2.17 bits per heavy atom. The molecule has 2 aromatic rings. The second kappa shape index (κ2) is 6.61. The summed E-state index contributed by atoms with van der Waals surface area (Å²) in [6.45, 7) is 0.199. The van der Waals surface area contributed by atoms with E-state index in [-0.39, 0.29) is 37.1 Å². The van der Waals surface area contributed by atoms with Gasteiger partial charge in [0.1, 0.15) is 10.7 Å². The molecule has 1 aromatic carbocycles. The lowest BCUT2D eigenvalue weighted by Crippen LogP contribution is -2.30. The molecule has 1 N–H and O–H groups in total. The molecule has 0 amide bonds. The number of aliphatic hydroxyl groups is 1.